The average molecular weight is 296 g/mol. The van der Waals surface area contributed by atoms with Crippen LogP contribution in [0.25, 0.3) is 0 Å². The minimum atomic E-state index is -3.80. The van der Waals surface area contributed by atoms with Gasteiger partial charge in [-0.1, -0.05) is 19.4 Å². The monoisotopic (exact) mass is 296 g/mol. The summed E-state index contributed by atoms with van der Waals surface area (Å²) >= 11 is 0. The standard InChI is InChI=1S/C14H20N2O3S/c1-3-4-10-7-12(10)16-14(17)11-6-5-9(2)13(8-11)20(15,18)19/h5-6,8,10,12H,3-4,7H2,1-2H3,(H,16,17)(H2,15,18,19). The van der Waals surface area contributed by atoms with Crippen molar-refractivity contribution in [3.63, 3.8) is 0 Å². The minimum Gasteiger partial charge on any atom is -0.349 e. The highest BCUT2D eigenvalue weighted by molar-refractivity contribution is 7.89. The van der Waals surface area contributed by atoms with Crippen LogP contribution in [-0.2, 0) is 10.0 Å². The summed E-state index contributed by atoms with van der Waals surface area (Å²) in [6.07, 6.45) is 3.23. The van der Waals surface area contributed by atoms with Crippen molar-refractivity contribution >= 4 is 15.9 Å². The first kappa shape index (κ1) is 15.0. The number of hydrogen-bond acceptors (Lipinski definition) is 3. The minimum absolute atomic E-state index is 0.00561. The molecule has 0 saturated heterocycles. The fourth-order valence-corrected chi connectivity index (χ4v) is 3.22. The molecule has 6 heteroatoms. The highest BCUT2D eigenvalue weighted by atomic mass is 32.2. The Morgan fingerprint density at radius 2 is 2.15 bits per heavy atom. The Labute approximate surface area is 119 Å². The highest BCUT2D eigenvalue weighted by Gasteiger charge is 2.37. The number of sulfonamides is 1. The van der Waals surface area contributed by atoms with E-state index in [2.05, 4.69) is 12.2 Å². The molecule has 2 unspecified atom stereocenters. The van der Waals surface area contributed by atoms with E-state index >= 15 is 0 Å². The predicted molar refractivity (Wildman–Crippen MR) is 76.8 cm³/mol. The van der Waals surface area contributed by atoms with Crippen molar-refractivity contribution < 1.29 is 13.2 Å². The lowest BCUT2D eigenvalue weighted by Gasteiger charge is -2.08. The number of benzene rings is 1. The molecule has 0 heterocycles. The lowest BCUT2D eigenvalue weighted by molar-refractivity contribution is 0.0948. The summed E-state index contributed by atoms with van der Waals surface area (Å²) < 4.78 is 22.9. The number of nitrogens with two attached hydrogens (primary N) is 1. The van der Waals surface area contributed by atoms with Crippen LogP contribution in [-0.4, -0.2) is 20.4 Å². The van der Waals surface area contributed by atoms with Crippen molar-refractivity contribution in [1.29, 1.82) is 0 Å². The summed E-state index contributed by atoms with van der Waals surface area (Å²) in [4.78, 5) is 12.1. The molecule has 0 radical (unpaired) electrons. The predicted octanol–water partition coefficient (Wildman–Crippen LogP) is 1.56. The van der Waals surface area contributed by atoms with Gasteiger partial charge in [0, 0.05) is 11.6 Å². The van der Waals surface area contributed by atoms with Crippen LogP contribution in [0.5, 0.6) is 0 Å². The van der Waals surface area contributed by atoms with Crippen molar-refractivity contribution in [3.8, 4) is 0 Å². The third-order valence-corrected chi connectivity index (χ3v) is 4.71. The van der Waals surface area contributed by atoms with Gasteiger partial charge in [-0.05, 0) is 43.4 Å². The number of rotatable bonds is 5. The first-order valence-corrected chi connectivity index (χ1v) is 8.32. The van der Waals surface area contributed by atoms with E-state index in [0.29, 0.717) is 17.0 Å². The summed E-state index contributed by atoms with van der Waals surface area (Å²) in [6.45, 7) is 3.77. The molecule has 0 aliphatic heterocycles. The molecule has 1 saturated carbocycles. The van der Waals surface area contributed by atoms with Gasteiger partial charge < -0.3 is 5.32 Å². The van der Waals surface area contributed by atoms with Crippen molar-refractivity contribution in [3.05, 3.63) is 29.3 Å². The number of carbonyl (C=O) groups excluding carboxylic acids is 1. The average Bonchev–Trinajstić information content (AvgIpc) is 3.06. The van der Waals surface area contributed by atoms with E-state index in [1.54, 1.807) is 19.1 Å². The van der Waals surface area contributed by atoms with E-state index in [9.17, 15) is 13.2 Å². The summed E-state index contributed by atoms with van der Waals surface area (Å²) in [5.41, 5.74) is 0.876. The van der Waals surface area contributed by atoms with Gasteiger partial charge in [-0.2, -0.15) is 0 Å². The molecule has 1 aliphatic carbocycles. The molecule has 1 aliphatic rings. The Morgan fingerprint density at radius 1 is 1.45 bits per heavy atom. The highest BCUT2D eigenvalue weighted by Crippen LogP contribution is 2.34. The van der Waals surface area contributed by atoms with Gasteiger partial charge in [-0.3, -0.25) is 4.79 Å². The van der Waals surface area contributed by atoms with Gasteiger partial charge in [-0.25, -0.2) is 13.6 Å². The maximum Gasteiger partial charge on any atom is 0.251 e. The van der Waals surface area contributed by atoms with Crippen LogP contribution in [0.2, 0.25) is 0 Å². The third kappa shape index (κ3) is 3.37. The third-order valence-electron chi connectivity index (χ3n) is 3.66. The van der Waals surface area contributed by atoms with Crippen LogP contribution >= 0.6 is 0 Å². The molecule has 20 heavy (non-hydrogen) atoms. The summed E-state index contributed by atoms with van der Waals surface area (Å²) in [7, 11) is -3.80. The van der Waals surface area contributed by atoms with Gasteiger partial charge in [0.1, 0.15) is 0 Å². The van der Waals surface area contributed by atoms with Crippen LogP contribution in [0.1, 0.15) is 42.1 Å². The van der Waals surface area contributed by atoms with Crippen LogP contribution in [0.15, 0.2) is 23.1 Å². The number of primary sulfonamides is 1. The van der Waals surface area contributed by atoms with Gasteiger partial charge in [-0.15, -0.1) is 0 Å². The maximum absolute atomic E-state index is 12.1. The molecule has 5 nitrogen and oxygen atoms in total. The quantitative estimate of drug-likeness (QED) is 0.864. The largest absolute Gasteiger partial charge is 0.349 e. The molecule has 1 fully saturated rings. The molecule has 0 aromatic heterocycles. The normalized spacial score (nSPS) is 21.6. The zero-order valence-electron chi connectivity index (χ0n) is 11.7. The Kier molecular flexibility index (Phi) is 4.15. The van der Waals surface area contributed by atoms with Gasteiger partial charge in [0.2, 0.25) is 10.0 Å². The fraction of sp³-hybridized carbons (Fsp3) is 0.500. The first-order valence-electron chi connectivity index (χ1n) is 6.77. The van der Waals surface area contributed by atoms with E-state index in [1.807, 2.05) is 0 Å². The Morgan fingerprint density at radius 3 is 2.75 bits per heavy atom. The molecule has 3 N–H and O–H groups in total. The van der Waals surface area contributed by atoms with E-state index in [1.165, 1.54) is 6.07 Å². The zero-order valence-corrected chi connectivity index (χ0v) is 12.5. The fourth-order valence-electron chi connectivity index (χ4n) is 2.41. The second-order valence-electron chi connectivity index (χ2n) is 5.39. The topological polar surface area (TPSA) is 89.3 Å². The lowest BCUT2D eigenvalue weighted by Crippen LogP contribution is -2.27. The number of aryl methyl sites for hydroxylation is 1. The number of amides is 1. The molecule has 1 aromatic rings. The number of carbonyl (C=O) groups is 1. The smallest absolute Gasteiger partial charge is 0.251 e. The molecule has 0 bridgehead atoms. The molecule has 1 aromatic carbocycles. The molecule has 0 spiro atoms. The molecular formula is C14H20N2O3S. The van der Waals surface area contributed by atoms with Gasteiger partial charge in [0.25, 0.3) is 5.91 Å². The van der Waals surface area contributed by atoms with Gasteiger partial charge in [0.15, 0.2) is 0 Å². The summed E-state index contributed by atoms with van der Waals surface area (Å²) in [5.74, 6) is 0.325. The van der Waals surface area contributed by atoms with E-state index < -0.39 is 10.0 Å². The molecule has 2 atom stereocenters. The van der Waals surface area contributed by atoms with Crippen molar-refractivity contribution in [2.75, 3.05) is 0 Å². The van der Waals surface area contributed by atoms with Crippen molar-refractivity contribution in [2.45, 2.75) is 44.0 Å². The van der Waals surface area contributed by atoms with E-state index in [-0.39, 0.29) is 16.8 Å². The van der Waals surface area contributed by atoms with Crippen LogP contribution < -0.4 is 10.5 Å². The molecule has 2 rings (SSSR count). The van der Waals surface area contributed by atoms with Crippen LogP contribution in [0.4, 0.5) is 0 Å². The van der Waals surface area contributed by atoms with Crippen molar-refractivity contribution in [2.24, 2.45) is 11.1 Å². The zero-order chi connectivity index (χ0) is 14.9. The maximum atomic E-state index is 12.1. The van der Waals surface area contributed by atoms with Crippen LogP contribution in [0.3, 0.4) is 0 Å². The van der Waals surface area contributed by atoms with E-state index in [0.717, 1.165) is 19.3 Å². The summed E-state index contributed by atoms with van der Waals surface area (Å²) in [6, 6.07) is 4.79. The second-order valence-corrected chi connectivity index (χ2v) is 6.92. The van der Waals surface area contributed by atoms with Crippen molar-refractivity contribution in [1.82, 2.24) is 5.32 Å². The van der Waals surface area contributed by atoms with Crippen LogP contribution in [0, 0.1) is 12.8 Å². The Bertz CT molecular complexity index is 625. The Hall–Kier alpha value is -1.40. The molecule has 110 valence electrons. The Balaban J connectivity index is 2.12. The van der Waals surface area contributed by atoms with E-state index in [4.69, 9.17) is 5.14 Å². The molecule has 1 amide bonds. The van der Waals surface area contributed by atoms with Gasteiger partial charge in [0.05, 0.1) is 4.90 Å². The van der Waals surface area contributed by atoms with Gasteiger partial charge >= 0.3 is 0 Å². The second kappa shape index (κ2) is 5.54. The number of nitrogens with one attached hydrogen (secondary N) is 1. The molecular weight excluding hydrogens is 276 g/mol. The lowest BCUT2D eigenvalue weighted by atomic mass is 10.1. The SMILES string of the molecule is CCCC1CC1NC(=O)c1ccc(C)c(S(N)(=O)=O)c1. The first-order chi connectivity index (χ1) is 9.32. The number of hydrogen-bond donors (Lipinski definition) is 2. The summed E-state index contributed by atoms with van der Waals surface area (Å²) in [5, 5.41) is 8.07.